The Labute approximate surface area is 104 Å². The van der Waals surface area contributed by atoms with E-state index < -0.39 is 0 Å². The van der Waals surface area contributed by atoms with Crippen LogP contribution in [-0.4, -0.2) is 29.7 Å². The van der Waals surface area contributed by atoms with Crippen LogP contribution in [0, 0.1) is 11.8 Å². The molecule has 0 aromatic carbocycles. The zero-order valence-electron chi connectivity index (χ0n) is 10.8. The molecule has 0 aromatic heterocycles. The van der Waals surface area contributed by atoms with Crippen LogP contribution in [0.1, 0.15) is 51.9 Å². The number of amides is 1. The maximum absolute atomic E-state index is 12.1. The lowest BCUT2D eigenvalue weighted by Gasteiger charge is -2.36. The Balaban J connectivity index is 1.60. The predicted molar refractivity (Wildman–Crippen MR) is 65.8 cm³/mol. The molecule has 3 unspecified atom stereocenters. The van der Waals surface area contributed by atoms with Gasteiger partial charge in [0.25, 0.3) is 0 Å². The highest BCUT2D eigenvalue weighted by Crippen LogP contribution is 2.52. The molecule has 96 valence electrons. The van der Waals surface area contributed by atoms with Crippen molar-refractivity contribution in [3.63, 3.8) is 0 Å². The van der Waals surface area contributed by atoms with E-state index in [4.69, 9.17) is 4.74 Å². The molecule has 2 saturated carbocycles. The van der Waals surface area contributed by atoms with Crippen molar-refractivity contribution in [1.29, 1.82) is 0 Å². The maximum atomic E-state index is 12.1. The van der Waals surface area contributed by atoms with Gasteiger partial charge in [-0.15, -0.1) is 0 Å². The Hall–Kier alpha value is -0.730. The van der Waals surface area contributed by atoms with E-state index in [1.165, 1.54) is 25.7 Å². The molecule has 1 aliphatic heterocycles. The summed E-state index contributed by atoms with van der Waals surface area (Å²) in [5.41, 5.74) is -0.155. The Morgan fingerprint density at radius 3 is 2.59 bits per heavy atom. The molecular weight excluding hydrogens is 214 g/mol. The summed E-state index contributed by atoms with van der Waals surface area (Å²) in [6.45, 7) is 3.94. The maximum Gasteiger partial charge on any atom is 0.410 e. The highest BCUT2D eigenvalue weighted by Gasteiger charge is 2.51. The molecule has 3 fully saturated rings. The average Bonchev–Trinajstić information content (AvgIpc) is 2.89. The quantitative estimate of drug-likeness (QED) is 0.701. The summed E-state index contributed by atoms with van der Waals surface area (Å²) in [5, 5.41) is 0. The minimum absolute atomic E-state index is 0.0558. The van der Waals surface area contributed by atoms with Gasteiger partial charge >= 0.3 is 6.09 Å². The lowest BCUT2D eigenvalue weighted by molar-refractivity contribution is -0.0347. The first-order chi connectivity index (χ1) is 8.17. The Morgan fingerprint density at radius 1 is 1.24 bits per heavy atom. The standard InChI is InChI=1S/C14H23NO2/c1-14(10-11-5-6-12(14)9-11)17-13(16)15-7-3-2-4-8-15/h11-12H,2-10H2,1H3. The third-order valence-corrected chi connectivity index (χ3v) is 5.03. The fraction of sp³-hybridized carbons (Fsp3) is 0.929. The SMILES string of the molecule is CC1(OC(=O)N2CCCCC2)CC2CCC1C2. The van der Waals surface area contributed by atoms with Gasteiger partial charge in [0.2, 0.25) is 0 Å². The largest absolute Gasteiger partial charge is 0.443 e. The summed E-state index contributed by atoms with van der Waals surface area (Å²) >= 11 is 0. The first-order valence-corrected chi connectivity index (χ1v) is 7.15. The second-order valence-electron chi connectivity index (χ2n) is 6.31. The van der Waals surface area contributed by atoms with Crippen LogP contribution in [0.25, 0.3) is 0 Å². The van der Waals surface area contributed by atoms with E-state index in [1.807, 2.05) is 4.90 Å². The van der Waals surface area contributed by atoms with E-state index in [0.717, 1.165) is 38.3 Å². The van der Waals surface area contributed by atoms with Gasteiger partial charge < -0.3 is 9.64 Å². The van der Waals surface area contributed by atoms with Crippen LogP contribution in [0.5, 0.6) is 0 Å². The van der Waals surface area contributed by atoms with Gasteiger partial charge in [-0.25, -0.2) is 4.79 Å². The molecule has 2 bridgehead atoms. The Morgan fingerprint density at radius 2 is 2.00 bits per heavy atom. The molecule has 0 aromatic rings. The van der Waals surface area contributed by atoms with Gasteiger partial charge in [-0.05, 0) is 63.7 Å². The summed E-state index contributed by atoms with van der Waals surface area (Å²) in [4.78, 5) is 14.0. The van der Waals surface area contributed by atoms with Gasteiger partial charge in [-0.3, -0.25) is 0 Å². The number of carbonyl (C=O) groups excluding carboxylic acids is 1. The van der Waals surface area contributed by atoms with Gasteiger partial charge in [0.15, 0.2) is 0 Å². The summed E-state index contributed by atoms with van der Waals surface area (Å²) < 4.78 is 5.86. The van der Waals surface area contributed by atoms with Crippen molar-refractivity contribution in [2.75, 3.05) is 13.1 Å². The molecule has 1 saturated heterocycles. The van der Waals surface area contributed by atoms with Crippen LogP contribution in [0.15, 0.2) is 0 Å². The number of likely N-dealkylation sites (tertiary alicyclic amines) is 1. The van der Waals surface area contributed by atoms with Crippen LogP contribution in [-0.2, 0) is 4.74 Å². The molecule has 3 heteroatoms. The van der Waals surface area contributed by atoms with Gasteiger partial charge in [-0.1, -0.05) is 0 Å². The normalized spacial score (nSPS) is 40.6. The summed E-state index contributed by atoms with van der Waals surface area (Å²) in [7, 11) is 0. The molecule has 0 N–H and O–H groups in total. The van der Waals surface area contributed by atoms with E-state index in [0.29, 0.717) is 5.92 Å². The summed E-state index contributed by atoms with van der Waals surface area (Å²) in [6.07, 6.45) is 8.46. The van der Waals surface area contributed by atoms with Crippen molar-refractivity contribution in [2.45, 2.75) is 57.5 Å². The predicted octanol–water partition coefficient (Wildman–Crippen LogP) is 3.19. The molecule has 3 nitrogen and oxygen atoms in total. The van der Waals surface area contributed by atoms with Gasteiger partial charge in [0, 0.05) is 13.1 Å². The number of carbonyl (C=O) groups is 1. The number of piperidine rings is 1. The molecule has 1 heterocycles. The zero-order chi connectivity index (χ0) is 11.9. The summed E-state index contributed by atoms with van der Waals surface area (Å²) in [6, 6.07) is 0. The Bertz CT molecular complexity index is 311. The number of ether oxygens (including phenoxy) is 1. The van der Waals surface area contributed by atoms with Crippen molar-refractivity contribution in [3.8, 4) is 0 Å². The first kappa shape index (κ1) is 11.4. The molecule has 1 amide bonds. The number of rotatable bonds is 1. The Kier molecular flexibility index (Phi) is 2.80. The van der Waals surface area contributed by atoms with Crippen molar-refractivity contribution in [2.24, 2.45) is 11.8 Å². The molecule has 2 aliphatic carbocycles. The molecule has 0 spiro atoms. The van der Waals surface area contributed by atoms with E-state index in [2.05, 4.69) is 6.92 Å². The molecule has 3 aliphatic rings. The van der Waals surface area contributed by atoms with Crippen LogP contribution >= 0.6 is 0 Å². The number of hydrogen-bond donors (Lipinski definition) is 0. The van der Waals surface area contributed by atoms with Crippen molar-refractivity contribution in [3.05, 3.63) is 0 Å². The van der Waals surface area contributed by atoms with Gasteiger partial charge in [0.1, 0.15) is 5.60 Å². The zero-order valence-corrected chi connectivity index (χ0v) is 10.8. The summed E-state index contributed by atoms with van der Waals surface area (Å²) in [5.74, 6) is 1.44. The van der Waals surface area contributed by atoms with Gasteiger partial charge in [0.05, 0.1) is 0 Å². The highest BCUT2D eigenvalue weighted by atomic mass is 16.6. The first-order valence-electron chi connectivity index (χ1n) is 7.15. The second-order valence-corrected chi connectivity index (χ2v) is 6.31. The smallest absolute Gasteiger partial charge is 0.410 e. The fourth-order valence-electron chi connectivity index (χ4n) is 4.02. The monoisotopic (exact) mass is 237 g/mol. The second kappa shape index (κ2) is 4.18. The van der Waals surface area contributed by atoms with E-state index >= 15 is 0 Å². The number of fused-ring (bicyclic) bond motifs is 2. The molecular formula is C14H23NO2. The lowest BCUT2D eigenvalue weighted by Crippen LogP contribution is -2.44. The minimum atomic E-state index is -0.155. The van der Waals surface area contributed by atoms with Crippen molar-refractivity contribution < 1.29 is 9.53 Å². The third-order valence-electron chi connectivity index (χ3n) is 5.03. The van der Waals surface area contributed by atoms with Crippen molar-refractivity contribution in [1.82, 2.24) is 4.90 Å². The lowest BCUT2D eigenvalue weighted by atomic mass is 9.86. The van der Waals surface area contributed by atoms with E-state index in [9.17, 15) is 4.79 Å². The molecule has 3 atom stereocenters. The van der Waals surface area contributed by atoms with Gasteiger partial charge in [-0.2, -0.15) is 0 Å². The highest BCUT2D eigenvalue weighted by molar-refractivity contribution is 5.68. The topological polar surface area (TPSA) is 29.5 Å². The molecule has 17 heavy (non-hydrogen) atoms. The van der Waals surface area contributed by atoms with E-state index in [-0.39, 0.29) is 11.7 Å². The fourth-order valence-corrected chi connectivity index (χ4v) is 4.02. The van der Waals surface area contributed by atoms with Crippen LogP contribution < -0.4 is 0 Å². The molecule has 0 radical (unpaired) electrons. The average molecular weight is 237 g/mol. The van der Waals surface area contributed by atoms with Crippen LogP contribution in [0.3, 0.4) is 0 Å². The third kappa shape index (κ3) is 2.04. The van der Waals surface area contributed by atoms with Crippen LogP contribution in [0.4, 0.5) is 4.79 Å². The number of hydrogen-bond acceptors (Lipinski definition) is 2. The van der Waals surface area contributed by atoms with Crippen LogP contribution in [0.2, 0.25) is 0 Å². The number of nitrogens with zero attached hydrogens (tertiary/aromatic N) is 1. The van der Waals surface area contributed by atoms with Crippen molar-refractivity contribution >= 4 is 6.09 Å². The minimum Gasteiger partial charge on any atom is -0.443 e. The molecule has 3 rings (SSSR count). The van der Waals surface area contributed by atoms with E-state index in [1.54, 1.807) is 0 Å².